The lowest BCUT2D eigenvalue weighted by atomic mass is 10.2. The van der Waals surface area contributed by atoms with Crippen LogP contribution in [0.15, 0.2) is 0 Å². The van der Waals surface area contributed by atoms with Crippen molar-refractivity contribution in [3.05, 3.63) is 0 Å². The van der Waals surface area contributed by atoms with Gasteiger partial charge in [-0.25, -0.2) is 0 Å². The molecule has 0 aliphatic carbocycles. The van der Waals surface area contributed by atoms with Crippen LogP contribution in [0.1, 0.15) is 27.2 Å². The highest BCUT2D eigenvalue weighted by molar-refractivity contribution is 5.78. The van der Waals surface area contributed by atoms with E-state index in [4.69, 9.17) is 10.5 Å². The molecule has 60 valence electrons. The van der Waals surface area contributed by atoms with Gasteiger partial charge in [0, 0.05) is 0 Å². The first-order valence-electron chi connectivity index (χ1n) is 3.52. The zero-order valence-electron chi connectivity index (χ0n) is 6.76. The summed E-state index contributed by atoms with van der Waals surface area (Å²) >= 11 is 0. The molecule has 3 heteroatoms. The molecule has 0 rings (SSSR count). The van der Waals surface area contributed by atoms with E-state index in [0.29, 0.717) is 6.42 Å². The SMILES string of the molecule is CCC(OC(C)C)C(N)=O. The fraction of sp³-hybridized carbons (Fsp3) is 0.857. The minimum Gasteiger partial charge on any atom is -0.367 e. The monoisotopic (exact) mass is 145 g/mol. The molecule has 0 aromatic heterocycles. The maximum absolute atomic E-state index is 10.6. The molecule has 0 saturated carbocycles. The van der Waals surface area contributed by atoms with Crippen molar-refractivity contribution in [1.82, 2.24) is 0 Å². The summed E-state index contributed by atoms with van der Waals surface area (Å²) in [7, 11) is 0. The van der Waals surface area contributed by atoms with Gasteiger partial charge >= 0.3 is 0 Å². The highest BCUT2D eigenvalue weighted by Gasteiger charge is 2.13. The summed E-state index contributed by atoms with van der Waals surface area (Å²) < 4.78 is 5.19. The molecule has 0 radical (unpaired) electrons. The normalized spacial score (nSPS) is 13.6. The summed E-state index contributed by atoms with van der Waals surface area (Å²) in [5.74, 6) is -0.379. The number of carbonyl (C=O) groups is 1. The Bertz CT molecular complexity index is 112. The van der Waals surface area contributed by atoms with Crippen LogP contribution in [-0.2, 0) is 9.53 Å². The molecule has 0 spiro atoms. The molecule has 0 aliphatic rings. The van der Waals surface area contributed by atoms with Crippen LogP contribution in [0.4, 0.5) is 0 Å². The Morgan fingerprint density at radius 1 is 1.60 bits per heavy atom. The third-order valence-electron chi connectivity index (χ3n) is 1.12. The lowest BCUT2D eigenvalue weighted by molar-refractivity contribution is -0.132. The minimum absolute atomic E-state index is 0.0671. The topological polar surface area (TPSA) is 52.3 Å². The number of hydrogen-bond acceptors (Lipinski definition) is 2. The third-order valence-corrected chi connectivity index (χ3v) is 1.12. The lowest BCUT2D eigenvalue weighted by Crippen LogP contribution is -2.32. The Hall–Kier alpha value is -0.570. The van der Waals surface area contributed by atoms with Crippen molar-refractivity contribution in [2.45, 2.75) is 39.4 Å². The Morgan fingerprint density at radius 3 is 2.20 bits per heavy atom. The van der Waals surface area contributed by atoms with Crippen molar-refractivity contribution in [3.63, 3.8) is 0 Å². The van der Waals surface area contributed by atoms with Gasteiger partial charge in [-0.05, 0) is 20.3 Å². The van der Waals surface area contributed by atoms with Gasteiger partial charge in [0.15, 0.2) is 0 Å². The number of amides is 1. The van der Waals surface area contributed by atoms with E-state index in [1.807, 2.05) is 20.8 Å². The molecule has 0 saturated heterocycles. The molecule has 0 fully saturated rings. The van der Waals surface area contributed by atoms with Crippen molar-refractivity contribution >= 4 is 5.91 Å². The zero-order valence-corrected chi connectivity index (χ0v) is 6.76. The van der Waals surface area contributed by atoms with Crippen molar-refractivity contribution in [3.8, 4) is 0 Å². The van der Waals surface area contributed by atoms with Crippen molar-refractivity contribution < 1.29 is 9.53 Å². The van der Waals surface area contributed by atoms with Crippen LogP contribution in [0.3, 0.4) is 0 Å². The summed E-state index contributed by atoms with van der Waals surface area (Å²) in [6.45, 7) is 5.63. The van der Waals surface area contributed by atoms with Crippen LogP contribution in [0.5, 0.6) is 0 Å². The van der Waals surface area contributed by atoms with E-state index in [1.165, 1.54) is 0 Å². The maximum atomic E-state index is 10.6. The van der Waals surface area contributed by atoms with E-state index >= 15 is 0 Å². The fourth-order valence-electron chi connectivity index (χ4n) is 0.693. The zero-order chi connectivity index (χ0) is 8.15. The molecular formula is C7H15NO2. The Labute approximate surface area is 61.5 Å². The van der Waals surface area contributed by atoms with Crippen molar-refractivity contribution in [1.29, 1.82) is 0 Å². The maximum Gasteiger partial charge on any atom is 0.246 e. The van der Waals surface area contributed by atoms with Gasteiger partial charge in [0.2, 0.25) is 5.91 Å². The molecule has 1 amide bonds. The Kier molecular flexibility index (Phi) is 4.03. The minimum atomic E-state index is -0.417. The number of ether oxygens (including phenoxy) is 1. The first kappa shape index (κ1) is 9.43. The summed E-state index contributed by atoms with van der Waals surface area (Å²) in [4.78, 5) is 10.6. The molecule has 0 bridgehead atoms. The Morgan fingerprint density at radius 2 is 2.10 bits per heavy atom. The van der Waals surface area contributed by atoms with Gasteiger partial charge in [0.25, 0.3) is 0 Å². The predicted molar refractivity (Wildman–Crippen MR) is 39.5 cm³/mol. The highest BCUT2D eigenvalue weighted by Crippen LogP contribution is 2.00. The van der Waals surface area contributed by atoms with Gasteiger partial charge in [0.05, 0.1) is 6.10 Å². The summed E-state index contributed by atoms with van der Waals surface area (Å²) in [6, 6.07) is 0. The van der Waals surface area contributed by atoms with Gasteiger partial charge < -0.3 is 10.5 Å². The number of nitrogens with two attached hydrogens (primary N) is 1. The Balaban J connectivity index is 3.72. The van der Waals surface area contributed by atoms with E-state index in [1.54, 1.807) is 0 Å². The molecule has 3 nitrogen and oxygen atoms in total. The van der Waals surface area contributed by atoms with Gasteiger partial charge in [-0.2, -0.15) is 0 Å². The van der Waals surface area contributed by atoms with E-state index in [-0.39, 0.29) is 12.0 Å². The number of rotatable bonds is 4. The summed E-state index contributed by atoms with van der Waals surface area (Å²) in [5.41, 5.74) is 5.03. The molecule has 1 atom stereocenters. The second-order valence-electron chi connectivity index (χ2n) is 2.48. The molecule has 0 aliphatic heterocycles. The number of carbonyl (C=O) groups excluding carboxylic acids is 1. The average Bonchev–Trinajstić information content (AvgIpc) is 1.81. The van der Waals surface area contributed by atoms with E-state index in [0.717, 1.165) is 0 Å². The molecule has 0 heterocycles. The van der Waals surface area contributed by atoms with Crippen LogP contribution < -0.4 is 5.73 Å². The first-order valence-corrected chi connectivity index (χ1v) is 3.52. The van der Waals surface area contributed by atoms with Crippen LogP contribution in [-0.4, -0.2) is 18.1 Å². The quantitative estimate of drug-likeness (QED) is 0.632. The van der Waals surface area contributed by atoms with Crippen LogP contribution in [0.2, 0.25) is 0 Å². The molecule has 0 aromatic rings. The second-order valence-corrected chi connectivity index (χ2v) is 2.48. The molecule has 10 heavy (non-hydrogen) atoms. The lowest BCUT2D eigenvalue weighted by Gasteiger charge is -2.14. The second kappa shape index (κ2) is 4.28. The smallest absolute Gasteiger partial charge is 0.246 e. The third kappa shape index (κ3) is 3.45. The van der Waals surface area contributed by atoms with Crippen LogP contribution >= 0.6 is 0 Å². The fourth-order valence-corrected chi connectivity index (χ4v) is 0.693. The van der Waals surface area contributed by atoms with E-state index in [2.05, 4.69) is 0 Å². The largest absolute Gasteiger partial charge is 0.367 e. The van der Waals surface area contributed by atoms with E-state index in [9.17, 15) is 4.79 Å². The standard InChI is InChI=1S/C7H15NO2/c1-4-6(7(8)9)10-5(2)3/h5-6H,4H2,1-3H3,(H2,8,9). The molecule has 1 unspecified atom stereocenters. The number of hydrogen-bond donors (Lipinski definition) is 1. The first-order chi connectivity index (χ1) is 4.57. The summed E-state index contributed by atoms with van der Waals surface area (Å²) in [6.07, 6.45) is 0.297. The molecule has 0 aromatic carbocycles. The van der Waals surface area contributed by atoms with Gasteiger partial charge in [-0.3, -0.25) is 4.79 Å². The van der Waals surface area contributed by atoms with E-state index < -0.39 is 6.10 Å². The van der Waals surface area contributed by atoms with Gasteiger partial charge in [0.1, 0.15) is 6.10 Å². The highest BCUT2D eigenvalue weighted by atomic mass is 16.5. The van der Waals surface area contributed by atoms with Gasteiger partial charge in [-0.1, -0.05) is 6.92 Å². The van der Waals surface area contributed by atoms with Crippen LogP contribution in [0.25, 0.3) is 0 Å². The number of primary amides is 1. The van der Waals surface area contributed by atoms with Crippen molar-refractivity contribution in [2.24, 2.45) is 5.73 Å². The van der Waals surface area contributed by atoms with Crippen LogP contribution in [0, 0.1) is 0 Å². The van der Waals surface area contributed by atoms with Gasteiger partial charge in [-0.15, -0.1) is 0 Å². The molecular weight excluding hydrogens is 130 g/mol. The predicted octanol–water partition coefficient (Wildman–Crippen LogP) is 0.675. The van der Waals surface area contributed by atoms with Crippen molar-refractivity contribution in [2.75, 3.05) is 0 Å². The summed E-state index contributed by atoms with van der Waals surface area (Å²) in [5, 5.41) is 0. The molecule has 2 N–H and O–H groups in total. The average molecular weight is 145 g/mol.